The quantitative estimate of drug-likeness (QED) is 0.436. The second-order valence-corrected chi connectivity index (χ2v) is 8.62. The highest BCUT2D eigenvalue weighted by Crippen LogP contribution is 2.43. The van der Waals surface area contributed by atoms with Crippen molar-refractivity contribution in [3.63, 3.8) is 0 Å². The number of rotatable bonds is 10. The fourth-order valence-electron chi connectivity index (χ4n) is 3.40. The number of aromatic amines is 1. The van der Waals surface area contributed by atoms with Crippen LogP contribution in [0.25, 0.3) is 21.5 Å². The van der Waals surface area contributed by atoms with E-state index < -0.39 is 0 Å². The number of hydrogen-bond donors (Lipinski definition) is 1. The molecule has 0 amide bonds. The number of carbonyl (C=O) groups excluding carboxylic acids is 1. The molecule has 0 unspecified atom stereocenters. The van der Waals surface area contributed by atoms with E-state index in [1.807, 2.05) is 24.5 Å². The van der Waals surface area contributed by atoms with E-state index in [2.05, 4.69) is 28.2 Å². The Morgan fingerprint density at radius 2 is 2.07 bits per heavy atom. The van der Waals surface area contributed by atoms with E-state index in [9.17, 15) is 4.79 Å². The van der Waals surface area contributed by atoms with Crippen molar-refractivity contribution < 1.29 is 4.79 Å². The summed E-state index contributed by atoms with van der Waals surface area (Å²) in [6.45, 7) is 1.94. The molecule has 0 atom stereocenters. The van der Waals surface area contributed by atoms with Gasteiger partial charge in [-0.2, -0.15) is 0 Å². The van der Waals surface area contributed by atoms with Crippen LogP contribution in [0.15, 0.2) is 24.4 Å². The Morgan fingerprint density at radius 1 is 1.22 bits per heavy atom. The minimum absolute atomic E-state index is 0.382. The zero-order chi connectivity index (χ0) is 18.6. The van der Waals surface area contributed by atoms with Crippen molar-refractivity contribution in [1.29, 1.82) is 0 Å². The number of ketones is 1. The maximum atomic E-state index is 11.3. The topological polar surface area (TPSA) is 58.6 Å². The molecule has 1 aliphatic rings. The highest BCUT2D eigenvalue weighted by molar-refractivity contribution is 7.18. The van der Waals surface area contributed by atoms with E-state index in [0.29, 0.717) is 18.1 Å². The number of nitrogens with one attached hydrogen (secondary N) is 1. The van der Waals surface area contributed by atoms with E-state index in [4.69, 9.17) is 4.98 Å². The van der Waals surface area contributed by atoms with Crippen LogP contribution in [0.1, 0.15) is 75.0 Å². The van der Waals surface area contributed by atoms with Crippen molar-refractivity contribution in [2.45, 2.75) is 70.6 Å². The summed E-state index contributed by atoms with van der Waals surface area (Å²) in [5.74, 6) is 2.15. The third-order valence-electron chi connectivity index (χ3n) is 5.28. The van der Waals surface area contributed by atoms with Crippen LogP contribution in [-0.2, 0) is 11.2 Å². The standard InChI is InChI=1S/C22H27N3OS/c1-2-17(26)7-5-3-4-6-8-21-23-14-19(24-21)16-11-12-18-20(13-16)27-22(25-18)15-9-10-15/h11-15H,2-10H2,1H3,(H,23,24). The first-order valence-corrected chi connectivity index (χ1v) is 11.0. The summed E-state index contributed by atoms with van der Waals surface area (Å²) in [7, 11) is 0. The fraction of sp³-hybridized carbons (Fsp3) is 0.500. The summed E-state index contributed by atoms with van der Waals surface area (Å²) in [6, 6.07) is 6.51. The van der Waals surface area contributed by atoms with Crippen LogP contribution in [0.3, 0.4) is 0 Å². The Kier molecular flexibility index (Phi) is 5.67. The lowest BCUT2D eigenvalue weighted by Crippen LogP contribution is -1.94. The van der Waals surface area contributed by atoms with E-state index in [1.54, 1.807) is 0 Å². The van der Waals surface area contributed by atoms with Crippen LogP contribution in [0.4, 0.5) is 0 Å². The molecule has 4 rings (SSSR count). The molecule has 1 aromatic carbocycles. The smallest absolute Gasteiger partial charge is 0.132 e. The van der Waals surface area contributed by atoms with Crippen molar-refractivity contribution in [2.24, 2.45) is 0 Å². The van der Waals surface area contributed by atoms with Gasteiger partial charge in [0.15, 0.2) is 0 Å². The number of benzene rings is 1. The number of aromatic nitrogens is 3. The Morgan fingerprint density at radius 3 is 2.89 bits per heavy atom. The molecule has 1 saturated carbocycles. The molecule has 142 valence electrons. The van der Waals surface area contributed by atoms with Crippen molar-refractivity contribution in [3.8, 4) is 11.3 Å². The molecule has 1 N–H and O–H groups in total. The largest absolute Gasteiger partial charge is 0.342 e. The zero-order valence-electron chi connectivity index (χ0n) is 16.0. The van der Waals surface area contributed by atoms with Crippen LogP contribution >= 0.6 is 11.3 Å². The van der Waals surface area contributed by atoms with Gasteiger partial charge in [-0.15, -0.1) is 11.3 Å². The van der Waals surface area contributed by atoms with Gasteiger partial charge in [0.2, 0.25) is 0 Å². The maximum Gasteiger partial charge on any atom is 0.132 e. The number of fused-ring (bicyclic) bond motifs is 1. The molecule has 0 radical (unpaired) electrons. The van der Waals surface area contributed by atoms with Gasteiger partial charge < -0.3 is 4.98 Å². The van der Waals surface area contributed by atoms with E-state index in [1.165, 1.54) is 28.1 Å². The van der Waals surface area contributed by atoms with Crippen LogP contribution in [0, 0.1) is 0 Å². The maximum absolute atomic E-state index is 11.3. The summed E-state index contributed by atoms with van der Waals surface area (Å²) in [6.07, 6.45) is 11.3. The third kappa shape index (κ3) is 4.64. The molecule has 0 spiro atoms. The van der Waals surface area contributed by atoms with Gasteiger partial charge in [0.1, 0.15) is 11.6 Å². The van der Waals surface area contributed by atoms with Gasteiger partial charge >= 0.3 is 0 Å². The van der Waals surface area contributed by atoms with Crippen LogP contribution < -0.4 is 0 Å². The molecule has 1 fully saturated rings. The van der Waals surface area contributed by atoms with Gasteiger partial charge in [-0.3, -0.25) is 4.79 Å². The Labute approximate surface area is 164 Å². The minimum atomic E-state index is 0.382. The summed E-state index contributed by atoms with van der Waals surface area (Å²) in [5.41, 5.74) is 3.39. The first-order chi connectivity index (χ1) is 13.2. The van der Waals surface area contributed by atoms with Crippen molar-refractivity contribution in [2.75, 3.05) is 0 Å². The Balaban J connectivity index is 1.31. The van der Waals surface area contributed by atoms with Crippen LogP contribution in [0.5, 0.6) is 0 Å². The fourth-order valence-corrected chi connectivity index (χ4v) is 4.57. The highest BCUT2D eigenvalue weighted by atomic mass is 32.1. The van der Waals surface area contributed by atoms with Gasteiger partial charge in [0.05, 0.1) is 27.1 Å². The predicted molar refractivity (Wildman–Crippen MR) is 111 cm³/mol. The van der Waals surface area contributed by atoms with Gasteiger partial charge in [-0.25, -0.2) is 9.97 Å². The summed E-state index contributed by atoms with van der Waals surface area (Å²) in [4.78, 5) is 24.1. The first-order valence-electron chi connectivity index (χ1n) is 10.2. The number of aryl methyl sites for hydroxylation is 1. The molecule has 27 heavy (non-hydrogen) atoms. The van der Waals surface area contributed by atoms with E-state index in [0.717, 1.165) is 55.6 Å². The second kappa shape index (κ2) is 8.34. The predicted octanol–water partition coefficient (Wildman–Crippen LogP) is 6.04. The van der Waals surface area contributed by atoms with E-state index >= 15 is 0 Å². The molecule has 4 nitrogen and oxygen atoms in total. The number of carbonyl (C=O) groups is 1. The zero-order valence-corrected chi connectivity index (χ0v) is 16.8. The van der Waals surface area contributed by atoms with Crippen LogP contribution in [0.2, 0.25) is 0 Å². The molecule has 5 heteroatoms. The molecule has 3 aromatic rings. The number of thiazole rings is 1. The van der Waals surface area contributed by atoms with Gasteiger partial charge in [-0.05, 0) is 37.8 Å². The summed E-state index contributed by atoms with van der Waals surface area (Å²) in [5, 5.41) is 1.30. The van der Waals surface area contributed by atoms with Crippen molar-refractivity contribution in [3.05, 3.63) is 35.2 Å². The lowest BCUT2D eigenvalue weighted by atomic mass is 10.1. The Hall–Kier alpha value is -2.01. The van der Waals surface area contributed by atoms with Crippen molar-refractivity contribution >= 4 is 27.3 Å². The van der Waals surface area contributed by atoms with Gasteiger partial charge in [-0.1, -0.05) is 25.8 Å². The molecule has 0 saturated heterocycles. The number of imidazole rings is 1. The highest BCUT2D eigenvalue weighted by Gasteiger charge is 2.27. The molecule has 0 bridgehead atoms. The number of Topliss-reactive ketones (excluding diaryl/α,β-unsaturated/α-hetero) is 1. The molecule has 2 aromatic heterocycles. The minimum Gasteiger partial charge on any atom is -0.342 e. The normalized spacial score (nSPS) is 14.1. The molecule has 1 aliphatic carbocycles. The average molecular weight is 382 g/mol. The summed E-state index contributed by atoms with van der Waals surface area (Å²) >= 11 is 1.84. The second-order valence-electron chi connectivity index (χ2n) is 7.56. The molecule has 2 heterocycles. The number of nitrogens with zero attached hydrogens (tertiary/aromatic N) is 2. The summed E-state index contributed by atoms with van der Waals surface area (Å²) < 4.78 is 1.27. The number of hydrogen-bond acceptors (Lipinski definition) is 4. The van der Waals surface area contributed by atoms with Crippen LogP contribution in [-0.4, -0.2) is 20.7 Å². The van der Waals surface area contributed by atoms with Gasteiger partial charge in [0.25, 0.3) is 0 Å². The third-order valence-corrected chi connectivity index (χ3v) is 6.47. The SMILES string of the molecule is CCC(=O)CCCCCCc1ncc(-c2ccc3nc(C4CC4)sc3c2)[nH]1. The number of H-pyrrole nitrogens is 1. The lowest BCUT2D eigenvalue weighted by Gasteiger charge is -2.00. The lowest BCUT2D eigenvalue weighted by molar-refractivity contribution is -0.118. The van der Waals surface area contributed by atoms with Crippen molar-refractivity contribution in [1.82, 2.24) is 15.0 Å². The first kappa shape index (κ1) is 18.4. The average Bonchev–Trinajstić information content (AvgIpc) is 3.28. The monoisotopic (exact) mass is 381 g/mol. The molecule has 0 aliphatic heterocycles. The molecular formula is C22H27N3OS. The number of unbranched alkanes of at least 4 members (excludes halogenated alkanes) is 3. The Bertz CT molecular complexity index is 923. The van der Waals surface area contributed by atoms with E-state index in [-0.39, 0.29) is 0 Å². The van der Waals surface area contributed by atoms with Gasteiger partial charge in [0, 0.05) is 30.7 Å². The molecular weight excluding hydrogens is 354 g/mol.